The molecule has 0 N–H and O–H groups in total. The lowest BCUT2D eigenvalue weighted by atomic mass is 9.97. The Hall–Kier alpha value is -3.96. The van der Waals surface area contributed by atoms with Crippen molar-refractivity contribution in [2.45, 2.75) is 70.2 Å². The highest BCUT2D eigenvalue weighted by atomic mass is 32.2. The second-order valence-corrected chi connectivity index (χ2v) is 11.5. The molecule has 11 heteroatoms. The number of benzene rings is 3. The van der Waals surface area contributed by atoms with Crippen molar-refractivity contribution < 1.29 is 40.2 Å². The van der Waals surface area contributed by atoms with E-state index in [4.69, 9.17) is 15.1 Å². The summed E-state index contributed by atoms with van der Waals surface area (Å²) in [6.45, 7) is -12.7. The smallest absolute Gasteiger partial charge is 0.336 e. The molecule has 1 aromatic heterocycles. The molecule has 3 aromatic carbocycles. The second kappa shape index (κ2) is 15.5. The van der Waals surface area contributed by atoms with Gasteiger partial charge in [0.15, 0.2) is 5.16 Å². The van der Waals surface area contributed by atoms with Crippen LogP contribution in [0, 0.1) is 12.7 Å². The van der Waals surface area contributed by atoms with Gasteiger partial charge in [0.25, 0.3) is 5.56 Å². The largest absolute Gasteiger partial charge is 0.416 e. The molecule has 0 atom stereocenters. The highest BCUT2D eigenvalue weighted by molar-refractivity contribution is 7.98. The normalized spacial score (nSPS) is 18.3. The maximum atomic E-state index is 14.8. The fraction of sp³-hybridized carbons (Fsp3) is 0.378. The Kier molecular flexibility index (Phi) is 7.07. The Bertz CT molecular complexity index is 2340. The summed E-state index contributed by atoms with van der Waals surface area (Å²) in [4.78, 5) is 32.2. The van der Waals surface area contributed by atoms with E-state index in [0.29, 0.717) is 18.2 Å². The number of fused-ring (bicyclic) bond motifs is 1. The molecule has 0 spiro atoms. The first kappa shape index (κ1) is 21.9. The summed E-state index contributed by atoms with van der Waals surface area (Å²) in [6, 6.07) is 5.92. The molecule has 4 aromatic rings. The van der Waals surface area contributed by atoms with Crippen molar-refractivity contribution in [2.75, 3.05) is 26.0 Å². The average molecular weight is 694 g/mol. The molecule has 0 radical (unpaired) electrons. The number of rotatable bonds is 13. The number of likely N-dealkylation sites (N-methyl/N-ethyl adjacent to an activating group) is 1. The first-order valence-electron chi connectivity index (χ1n) is 21.3. The third-order valence-corrected chi connectivity index (χ3v) is 8.34. The van der Waals surface area contributed by atoms with Gasteiger partial charge >= 0.3 is 6.18 Å². The van der Waals surface area contributed by atoms with Crippen LogP contribution in [-0.4, -0.2) is 51.2 Å². The molecule has 0 fully saturated rings. The van der Waals surface area contributed by atoms with Crippen LogP contribution < -0.4 is 5.56 Å². The number of halogens is 4. The second-order valence-electron chi connectivity index (χ2n) is 10.7. The summed E-state index contributed by atoms with van der Waals surface area (Å²) in [7, 11) is 0. The molecule has 1 aliphatic rings. The lowest BCUT2D eigenvalue weighted by molar-refractivity contribution is -0.137. The average Bonchev–Trinajstić information content (AvgIpc) is 3.62. The van der Waals surface area contributed by atoms with Crippen LogP contribution in [0.1, 0.15) is 71.6 Å². The van der Waals surface area contributed by atoms with Crippen LogP contribution in [0.2, 0.25) is 0 Å². The van der Waals surface area contributed by atoms with Crippen molar-refractivity contribution >= 4 is 17.7 Å². The van der Waals surface area contributed by atoms with Gasteiger partial charge in [-0.1, -0.05) is 68.0 Å². The Morgan fingerprint density at radius 1 is 1.02 bits per heavy atom. The molecule has 1 aliphatic carbocycles. The number of nitrogens with zero attached hydrogens (tertiary/aromatic N) is 4. The van der Waals surface area contributed by atoms with Gasteiger partial charge in [-0.15, -0.1) is 0 Å². The molecular weight excluding hydrogens is 640 g/mol. The van der Waals surface area contributed by atoms with Gasteiger partial charge in [0.2, 0.25) is 5.91 Å². The van der Waals surface area contributed by atoms with Gasteiger partial charge in [0.1, 0.15) is 12.4 Å². The fourth-order valence-electron chi connectivity index (χ4n) is 5.10. The van der Waals surface area contributed by atoms with Crippen molar-refractivity contribution in [3.05, 3.63) is 116 Å². The molecule has 0 bridgehead atoms. The number of carbonyl (C=O) groups is 1. The van der Waals surface area contributed by atoms with Crippen LogP contribution >= 0.6 is 11.8 Å². The number of alkyl halides is 3. The first-order chi connectivity index (χ1) is 27.8. The number of hydrogen-bond donors (Lipinski definition) is 0. The van der Waals surface area contributed by atoms with E-state index in [1.807, 2.05) is 0 Å². The molecule has 5 rings (SSSR count). The number of amides is 1. The molecule has 0 saturated carbocycles. The monoisotopic (exact) mass is 693 g/mol. The summed E-state index contributed by atoms with van der Waals surface area (Å²) in [5.41, 5.74) is -4.50. The highest BCUT2D eigenvalue weighted by Gasteiger charge is 2.30. The van der Waals surface area contributed by atoms with Crippen molar-refractivity contribution in [2.24, 2.45) is 0 Å². The molecule has 1 amide bonds. The zero-order valence-electron chi connectivity index (χ0n) is 39.2. The van der Waals surface area contributed by atoms with Gasteiger partial charge in [-0.2, -0.15) is 18.2 Å². The van der Waals surface area contributed by atoms with Gasteiger partial charge in [-0.05, 0) is 91.3 Å². The minimum Gasteiger partial charge on any atom is -0.336 e. The SMILES string of the molecule is [2H]c1c([2H])c(-c2ccc(C(F)(F)F)cc2)c(C)c([2H])c1CN(C(=O)Cn1c(SC([2H])([2H])c2ccc(F)cc2)nc(=O)c2c1CCC2)C([2H])([2H])C([2H])([2H])N(C([2H])([2H])C)C([2H])([2H])C. The van der Waals surface area contributed by atoms with Gasteiger partial charge in [-0.3, -0.25) is 9.59 Å². The lowest BCUT2D eigenvalue weighted by Gasteiger charge is -2.28. The number of hydrogen-bond acceptors (Lipinski definition) is 5. The van der Waals surface area contributed by atoms with Crippen LogP contribution in [-0.2, 0) is 42.6 Å². The minimum absolute atomic E-state index is 0.0275. The van der Waals surface area contributed by atoms with E-state index >= 15 is 0 Å². The third kappa shape index (κ3) is 8.54. The molecule has 0 unspecified atom stereocenters. The van der Waals surface area contributed by atoms with Crippen LogP contribution in [0.15, 0.2) is 76.6 Å². The van der Waals surface area contributed by atoms with Crippen molar-refractivity contribution in [3.8, 4) is 11.1 Å². The molecule has 1 heterocycles. The van der Waals surface area contributed by atoms with Crippen LogP contribution in [0.4, 0.5) is 17.6 Å². The summed E-state index contributed by atoms with van der Waals surface area (Å²) in [5.74, 6) is -2.00. The van der Waals surface area contributed by atoms with Crippen molar-refractivity contribution in [1.82, 2.24) is 19.4 Å². The number of thioether (sulfide) groups is 1. The molecule has 0 saturated heterocycles. The zero-order chi connectivity index (χ0) is 46.0. The van der Waals surface area contributed by atoms with Crippen molar-refractivity contribution in [3.63, 3.8) is 0 Å². The van der Waals surface area contributed by atoms with E-state index in [1.165, 1.54) is 6.92 Å². The molecule has 6 nitrogen and oxygen atoms in total. The molecule has 254 valence electrons. The summed E-state index contributed by atoms with van der Waals surface area (Å²) in [6.07, 6.45) is -3.90. The highest BCUT2D eigenvalue weighted by Crippen LogP contribution is 2.32. The van der Waals surface area contributed by atoms with E-state index in [-0.39, 0.29) is 61.3 Å². The molecule has 48 heavy (non-hydrogen) atoms. The Balaban J connectivity index is 1.70. The van der Waals surface area contributed by atoms with E-state index in [2.05, 4.69) is 4.98 Å². The predicted molar refractivity (Wildman–Crippen MR) is 181 cm³/mol. The maximum Gasteiger partial charge on any atom is 0.416 e. The Morgan fingerprint density at radius 2 is 1.73 bits per heavy atom. The summed E-state index contributed by atoms with van der Waals surface area (Å²) < 4.78 is 169. The van der Waals surface area contributed by atoms with E-state index in [1.54, 1.807) is 0 Å². The molecule has 0 aliphatic heterocycles. The van der Waals surface area contributed by atoms with Gasteiger partial charge in [-0.25, -0.2) is 4.39 Å². The van der Waals surface area contributed by atoms with Crippen LogP contribution in [0.25, 0.3) is 11.1 Å². The van der Waals surface area contributed by atoms with E-state index in [0.717, 1.165) is 66.9 Å². The van der Waals surface area contributed by atoms with Crippen LogP contribution in [0.5, 0.6) is 0 Å². The number of carbonyl (C=O) groups excluding carboxylic acids is 1. The Morgan fingerprint density at radius 3 is 2.40 bits per heavy atom. The third-order valence-electron chi connectivity index (χ3n) is 7.51. The lowest BCUT2D eigenvalue weighted by Crippen LogP contribution is -2.40. The zero-order valence-corrected chi connectivity index (χ0v) is 27.0. The fourth-order valence-corrected chi connectivity index (χ4v) is 5.86. The molecular formula is C37H40F4N4O2S. The van der Waals surface area contributed by atoms with Gasteiger partial charge < -0.3 is 14.4 Å². The first-order valence-corrected chi connectivity index (χ1v) is 15.6. The standard InChI is InChI=1S/C37H40F4N4O2S/c1-4-43(5-2)19-20-44(22-27-11-18-31(25(3)21-27)28-12-14-29(15-13-28)37(39,40)41)34(46)23-45-33-8-6-7-32(33)35(47)42-36(45)48-24-26-9-16-30(38)17-10-26/h9-18,21H,4-8,19-20,22-24H2,1-3H3/i4D2,5D2,11D,18D,19D2,20D2,21D,24D2. The van der Waals surface area contributed by atoms with Crippen molar-refractivity contribution in [1.29, 1.82) is 0 Å². The maximum absolute atomic E-state index is 14.8. The Labute approximate surface area is 301 Å². The summed E-state index contributed by atoms with van der Waals surface area (Å²) >= 11 is 0.374. The van der Waals surface area contributed by atoms with E-state index in [9.17, 15) is 29.9 Å². The van der Waals surface area contributed by atoms with E-state index < -0.39 is 97.5 Å². The predicted octanol–water partition coefficient (Wildman–Crippen LogP) is 7.53. The van der Waals surface area contributed by atoms with Gasteiger partial charge in [0.05, 0.1) is 12.4 Å². The van der Waals surface area contributed by atoms with Crippen LogP contribution in [0.3, 0.4) is 0 Å². The summed E-state index contributed by atoms with van der Waals surface area (Å²) in [5, 5.41) is -0.374. The topological polar surface area (TPSA) is 58.4 Å². The minimum atomic E-state index is -4.69. The quantitative estimate of drug-likeness (QED) is 0.0824. The number of aromatic nitrogens is 2. The van der Waals surface area contributed by atoms with Gasteiger partial charge in [0, 0.05) is 47.5 Å².